The maximum absolute atomic E-state index is 11.2. The van der Waals surface area contributed by atoms with Crippen LogP contribution in [0.4, 0.5) is 0 Å². The molecule has 9 aromatic heterocycles. The number of piperidine rings is 3. The smallest absolute Gasteiger partial charge is 0.175 e. The largest absolute Gasteiger partial charge is 0.504 e. The number of hydrogen-bond donors (Lipinski definition) is 1. The van der Waals surface area contributed by atoms with E-state index in [0.717, 1.165) is 249 Å². The van der Waals surface area contributed by atoms with E-state index in [1.807, 2.05) is 51.7 Å². The quantitative estimate of drug-likeness (QED) is 0.0318. The summed E-state index contributed by atoms with van der Waals surface area (Å²) in [5.41, 5.74) is 19.1. The number of likely N-dealkylation sites (tertiary alicyclic amines) is 2. The average molecular weight is 2110 g/mol. The van der Waals surface area contributed by atoms with Crippen LogP contribution in [0.15, 0.2) is 125 Å². The van der Waals surface area contributed by atoms with Gasteiger partial charge in [0, 0.05) is 102 Å². The van der Waals surface area contributed by atoms with Gasteiger partial charge in [0.15, 0.2) is 22.5 Å². The van der Waals surface area contributed by atoms with Crippen LogP contribution in [-0.4, -0.2) is 180 Å². The number of fused-ring (bicyclic) bond motifs is 9. The summed E-state index contributed by atoms with van der Waals surface area (Å²) >= 11 is 11.1. The van der Waals surface area contributed by atoms with E-state index < -0.39 is 0 Å². The highest BCUT2D eigenvalue weighted by molar-refractivity contribution is 7.11. The zero-order valence-electron chi connectivity index (χ0n) is 86.2. The summed E-state index contributed by atoms with van der Waals surface area (Å²) in [6, 6.07) is 26.0. The highest BCUT2D eigenvalue weighted by Crippen LogP contribution is 2.45. The number of ketones is 1. The summed E-state index contributed by atoms with van der Waals surface area (Å²) in [5, 5.41) is 33.4. The number of aromatic nitrogens is 3. The molecule has 12 heterocycles. The van der Waals surface area contributed by atoms with Crippen LogP contribution in [0.1, 0.15) is 298 Å². The predicted octanol–water partition coefficient (Wildman–Crippen LogP) is 27.5. The molecule has 3 saturated carbocycles. The van der Waals surface area contributed by atoms with E-state index in [9.17, 15) is 14.4 Å². The van der Waals surface area contributed by atoms with Gasteiger partial charge in [0.05, 0.1) is 67.0 Å². The van der Waals surface area contributed by atoms with Gasteiger partial charge in [-0.3, -0.25) is 4.79 Å². The summed E-state index contributed by atoms with van der Waals surface area (Å²) in [5.74, 6) is 9.74. The van der Waals surface area contributed by atoms with Crippen molar-refractivity contribution < 1.29 is 46.9 Å². The van der Waals surface area contributed by atoms with E-state index in [-0.39, 0.29) is 36.6 Å². The van der Waals surface area contributed by atoms with E-state index in [4.69, 9.17) is 32.5 Å². The Kier molecular flexibility index (Phi) is 41.2. The maximum Gasteiger partial charge on any atom is 0.175 e. The first kappa shape index (κ1) is 109. The predicted molar refractivity (Wildman–Crippen MR) is 598 cm³/mol. The van der Waals surface area contributed by atoms with E-state index in [2.05, 4.69) is 181 Å². The van der Waals surface area contributed by atoms with Crippen molar-refractivity contribution >= 4 is 150 Å². The number of thiophene rings is 6. The lowest BCUT2D eigenvalue weighted by Crippen LogP contribution is -2.37. The van der Waals surface area contributed by atoms with Gasteiger partial charge in [-0.25, -0.2) is 0 Å². The highest BCUT2D eigenvalue weighted by Gasteiger charge is 2.34. The summed E-state index contributed by atoms with van der Waals surface area (Å²) in [4.78, 5) is 53.3. The van der Waals surface area contributed by atoms with E-state index in [1.165, 1.54) is 265 Å². The Hall–Kier alpha value is -7.44. The number of nitrogens with zero attached hydrogens (tertiary/aromatic N) is 8. The van der Waals surface area contributed by atoms with Gasteiger partial charge in [0.2, 0.25) is 0 Å². The molecule has 19 nitrogen and oxygen atoms in total. The number of carbonyl (C=O) groups excluding carboxylic acids is 3. The van der Waals surface area contributed by atoms with Crippen molar-refractivity contribution in [1.82, 2.24) is 45.3 Å². The molecule has 6 fully saturated rings. The van der Waals surface area contributed by atoms with Crippen molar-refractivity contribution in [3.05, 3.63) is 208 Å². The first-order valence-corrected chi connectivity index (χ1v) is 59.1. The molecule has 3 saturated heterocycles. The zero-order chi connectivity index (χ0) is 97.6. The number of ether oxygens (including phenoxy) is 4. The van der Waals surface area contributed by atoms with Gasteiger partial charge in [0.1, 0.15) is 29.8 Å². The second kappa shape index (κ2) is 54.3. The Bertz CT molecular complexity index is 5800. The minimum Gasteiger partial charge on any atom is -0.504 e. The van der Waals surface area contributed by atoms with Crippen molar-refractivity contribution in [3.8, 4) is 17.2 Å². The second-order valence-electron chi connectivity index (χ2n) is 43.1. The van der Waals surface area contributed by atoms with Gasteiger partial charge in [-0.15, -0.1) is 92.8 Å². The summed E-state index contributed by atoms with van der Waals surface area (Å²) in [7, 11) is 14.3. The number of halogens is 2. The van der Waals surface area contributed by atoms with E-state index in [1.54, 1.807) is 62.0 Å². The Balaban J connectivity index is 0.000000128. The maximum atomic E-state index is 11.2. The molecule has 0 amide bonds. The lowest BCUT2D eigenvalue weighted by molar-refractivity contribution is -0.110. The van der Waals surface area contributed by atoms with Gasteiger partial charge in [0.25, 0.3) is 0 Å². The minimum absolute atomic E-state index is 0. The lowest BCUT2D eigenvalue weighted by atomic mass is 9.86. The van der Waals surface area contributed by atoms with Crippen LogP contribution in [0.3, 0.4) is 0 Å². The molecule has 9 aliphatic carbocycles. The van der Waals surface area contributed by atoms with Crippen molar-refractivity contribution in [2.45, 2.75) is 274 Å². The first-order chi connectivity index (χ1) is 69.6. The van der Waals surface area contributed by atoms with Gasteiger partial charge in [-0.1, -0.05) is 15.5 Å². The third-order valence-electron chi connectivity index (χ3n) is 31.4. The summed E-state index contributed by atoms with van der Waals surface area (Å²) in [6.07, 6.45) is 47.7. The SMILES string of the molecule is CN(C)Cc1c(OCC2CC2)ccc2c(CCC3CCN(CC4CCCc5sccc54)CC3)noc12.CN(C)Cc1c(OCC2CC2)ccc2c(CCC3CCN(CC4CCCc5sccc54)CC3)noc12.CN(C)Cc1c(OCC2CC2)ccc2c(CCC3CCNCC3)noc12.CO/C=C1\CCCc2sccc21.Cl.Cl.O=C1CCCc2sccc21.O=CC1CCCc2sccc21.O=CC1CCCc2sccc21. The standard InChI is InChI=1S/2C30H41N3O2S.C21H31N3O2.C10H12OS.2C9H10OS.C8H8OS.2ClH/c2*1-32(2)19-26-28(34-20-22-6-7-22)11-9-25-27(31-35-30(25)26)10-8-21-12-15-33(16-13-21)18-23-4-3-5-29-24(23)14-17-36-29;1-24(2)13-18-20(25-14-16-3-4-16)8-6-17-19(23-26-21(17)18)7-5-15-9-11-22-12-10-15;1-11-7-8-3-2-4-10-9(8)5-6-12-10;2*10-6-7-2-1-3-9-8(7)4-5-11-9;9-7-2-1-3-8-6(7)4-5-10-8;;/h2*9,11,14,17,21-23H,3-8,10,12-13,15-16,18-20H2,1-2H3;6,8,15-16,22H,3-5,7,9-14H2,1-2H3;5-7H,2-4H2,1H3;2*4-7H,1-3H2;4-5H,1-3H2;2*1H/b;;;8-7+;;;;;. The number of methoxy groups -OCH3 is 1. The molecule has 24 rings (SSSR count). The van der Waals surface area contributed by atoms with Crippen LogP contribution >= 0.6 is 92.8 Å². The number of benzene rings is 3. The Morgan fingerprint density at radius 2 is 0.722 bits per heavy atom. The van der Waals surface area contributed by atoms with Gasteiger partial charge in [-0.2, -0.15) is 0 Å². The zero-order valence-corrected chi connectivity index (χ0v) is 92.7. The molecule has 3 aromatic carbocycles. The van der Waals surface area contributed by atoms with Crippen LogP contribution in [0, 0.1) is 35.5 Å². The lowest BCUT2D eigenvalue weighted by Gasteiger charge is -2.35. The fourth-order valence-electron chi connectivity index (χ4n) is 22.7. The normalized spacial score (nSPS) is 20.3. The number of nitrogens with one attached hydrogen (secondary N) is 1. The van der Waals surface area contributed by atoms with Crippen LogP contribution in [-0.2, 0) is 91.7 Å². The number of hydrogen-bond acceptors (Lipinski definition) is 25. The molecule has 144 heavy (non-hydrogen) atoms. The molecule has 0 radical (unpaired) electrons. The van der Waals surface area contributed by atoms with Crippen LogP contribution < -0.4 is 19.5 Å². The fraction of sp³-hybridized carbons (Fsp3) is 0.573. The molecule has 27 heteroatoms. The number of Topliss-reactive ketones (excluding diaryl/α,β-unsaturated/α-hetero) is 1. The van der Waals surface area contributed by atoms with Crippen LogP contribution in [0.25, 0.3) is 38.5 Å². The average Bonchev–Trinajstić information content (AvgIpc) is 1.64. The van der Waals surface area contributed by atoms with Crippen LogP contribution in [0.2, 0.25) is 0 Å². The molecule has 0 bridgehead atoms. The molecule has 0 spiro atoms. The number of rotatable bonds is 31. The minimum atomic E-state index is 0. The van der Waals surface area contributed by atoms with Gasteiger partial charge < -0.3 is 71.9 Å². The van der Waals surface area contributed by atoms with Gasteiger partial charge in [-0.05, 0) is 492 Å². The van der Waals surface area contributed by atoms with Crippen LogP contribution in [0.5, 0.6) is 17.2 Å². The van der Waals surface area contributed by atoms with E-state index >= 15 is 0 Å². The Labute approximate surface area is 891 Å². The first-order valence-electron chi connectivity index (χ1n) is 53.8. The van der Waals surface area contributed by atoms with Gasteiger partial charge >= 0.3 is 0 Å². The van der Waals surface area contributed by atoms with E-state index in [0.29, 0.717) is 5.78 Å². The molecule has 12 aromatic rings. The monoisotopic (exact) mass is 2110 g/mol. The molecular formula is C117H155Cl2N9O10S6. The third-order valence-corrected chi connectivity index (χ3v) is 37.3. The molecular weight excluding hydrogens is 1950 g/mol. The van der Waals surface area contributed by atoms with Crippen molar-refractivity contribution in [2.24, 2.45) is 35.5 Å². The molecule has 778 valence electrons. The summed E-state index contributed by atoms with van der Waals surface area (Å²) in [6.45, 7) is 14.7. The second-order valence-corrected chi connectivity index (χ2v) is 49.1. The molecule has 12 aliphatic rings. The number of allylic oxidation sites excluding steroid dienone is 1. The molecule has 4 atom stereocenters. The third kappa shape index (κ3) is 29.6. The van der Waals surface area contributed by atoms with Crippen molar-refractivity contribution in [1.29, 1.82) is 0 Å². The number of carbonyl (C=O) groups is 3. The highest BCUT2D eigenvalue weighted by atomic mass is 35.5. The molecule has 1 N–H and O–H groups in total. The Morgan fingerprint density at radius 3 is 1.10 bits per heavy atom. The molecule has 4 unspecified atom stereocenters. The topological polar surface area (TPSA) is 194 Å². The van der Waals surface area contributed by atoms with Crippen molar-refractivity contribution in [2.75, 3.05) is 122 Å². The number of aldehydes is 2. The molecule has 3 aliphatic heterocycles. The number of aryl methyl sites for hydroxylation is 9. The fourth-order valence-corrected chi connectivity index (χ4v) is 28.6. The summed E-state index contributed by atoms with van der Waals surface area (Å²) < 4.78 is 41.3. The Morgan fingerprint density at radius 1 is 0.382 bits per heavy atom. The van der Waals surface area contributed by atoms with Crippen molar-refractivity contribution in [3.63, 3.8) is 0 Å².